The number of carboxylic acids is 1. The van der Waals surface area contributed by atoms with Gasteiger partial charge in [0.1, 0.15) is 5.58 Å². The molecule has 1 aromatic carbocycles. The monoisotopic (exact) mass is 265 g/mol. The van der Waals surface area contributed by atoms with Gasteiger partial charge in [-0.1, -0.05) is 12.1 Å². The molecule has 2 heterocycles. The number of likely N-dealkylation sites (N-methyl/N-ethyl adjacent to an activating group) is 1. The Morgan fingerprint density at radius 1 is 1.56 bits per heavy atom. The highest BCUT2D eigenvalue weighted by molar-refractivity contribution is 6.20. The maximum atomic E-state index is 11.2. The Kier molecular flexibility index (Phi) is 2.57. The van der Waals surface area contributed by atoms with Crippen LogP contribution in [0.3, 0.4) is 0 Å². The minimum absolute atomic E-state index is 0.0232. The molecule has 4 nitrogen and oxygen atoms in total. The second-order valence-electron chi connectivity index (χ2n) is 4.56. The van der Waals surface area contributed by atoms with Crippen LogP contribution < -0.4 is 0 Å². The number of hydrogen-bond acceptors (Lipinski definition) is 3. The molecule has 0 fully saturated rings. The third-order valence-corrected chi connectivity index (χ3v) is 3.86. The fourth-order valence-corrected chi connectivity index (χ4v) is 2.70. The van der Waals surface area contributed by atoms with Crippen LogP contribution in [0.15, 0.2) is 22.6 Å². The fraction of sp³-hybridized carbons (Fsp3) is 0.308. The quantitative estimate of drug-likeness (QED) is 0.636. The van der Waals surface area contributed by atoms with Crippen LogP contribution in [0.5, 0.6) is 0 Å². The van der Waals surface area contributed by atoms with E-state index in [1.165, 1.54) is 0 Å². The van der Waals surface area contributed by atoms with Crippen LogP contribution in [0.4, 0.5) is 0 Å². The predicted molar refractivity (Wildman–Crippen MR) is 68.0 cm³/mol. The second kappa shape index (κ2) is 4.00. The van der Waals surface area contributed by atoms with Crippen LogP contribution >= 0.6 is 11.6 Å². The van der Waals surface area contributed by atoms with Crippen molar-refractivity contribution in [3.05, 3.63) is 35.1 Å². The average molecular weight is 266 g/mol. The molecule has 3 rings (SSSR count). The lowest BCUT2D eigenvalue weighted by Gasteiger charge is -2.19. The molecule has 1 aliphatic heterocycles. The number of nitrogens with zero attached hydrogens (tertiary/aromatic N) is 1. The number of benzene rings is 1. The number of carboxylic acid groups (broad SMARTS) is 1. The van der Waals surface area contributed by atoms with Crippen molar-refractivity contribution in [3.63, 3.8) is 0 Å². The van der Waals surface area contributed by atoms with Crippen LogP contribution in [-0.2, 0) is 13.0 Å². The Balaban J connectivity index is 2.33. The summed E-state index contributed by atoms with van der Waals surface area (Å²) in [6.45, 7) is 0.486. The van der Waals surface area contributed by atoms with Crippen LogP contribution in [0.25, 0.3) is 11.0 Å². The van der Waals surface area contributed by atoms with E-state index in [9.17, 15) is 9.90 Å². The lowest BCUT2D eigenvalue weighted by Crippen LogP contribution is -2.27. The summed E-state index contributed by atoms with van der Waals surface area (Å²) in [5, 5.41) is 10.1. The molecule has 0 bridgehead atoms. The summed E-state index contributed by atoms with van der Waals surface area (Å²) in [7, 11) is 1.88. The van der Waals surface area contributed by atoms with Crippen molar-refractivity contribution in [3.8, 4) is 0 Å². The van der Waals surface area contributed by atoms with E-state index in [0.29, 0.717) is 18.5 Å². The highest BCUT2D eigenvalue weighted by Crippen LogP contribution is 2.34. The van der Waals surface area contributed by atoms with Crippen molar-refractivity contribution >= 4 is 28.5 Å². The zero-order valence-electron chi connectivity index (χ0n) is 9.81. The van der Waals surface area contributed by atoms with Crippen molar-refractivity contribution in [1.82, 2.24) is 4.90 Å². The van der Waals surface area contributed by atoms with E-state index in [1.54, 1.807) is 6.07 Å². The molecule has 1 N–H and O–H groups in total. The van der Waals surface area contributed by atoms with Gasteiger partial charge in [-0.15, -0.1) is 11.6 Å². The smallest absolute Gasteiger partial charge is 0.372 e. The summed E-state index contributed by atoms with van der Waals surface area (Å²) in [6, 6.07) is 5.64. The number of rotatable bonds is 1. The Morgan fingerprint density at radius 3 is 3.06 bits per heavy atom. The highest BCUT2D eigenvalue weighted by Gasteiger charge is 2.28. The number of carbonyl (C=O) groups is 1. The van der Waals surface area contributed by atoms with Crippen molar-refractivity contribution in [2.75, 3.05) is 7.05 Å². The average Bonchev–Trinajstić information content (AvgIpc) is 2.63. The molecular weight excluding hydrogens is 254 g/mol. The standard InChI is InChI=1S/C13H12ClNO3/c1-15-6-8-11-7(5-10(15)14)3-2-4-9(11)18-12(8)13(16)17/h2-4,10H,5-6H2,1H3,(H,16,17). The molecule has 0 radical (unpaired) electrons. The number of halogens is 1. The minimum atomic E-state index is -1.03. The van der Waals surface area contributed by atoms with Gasteiger partial charge < -0.3 is 9.52 Å². The Labute approximate surface area is 109 Å². The van der Waals surface area contributed by atoms with Crippen LogP contribution in [0.1, 0.15) is 21.7 Å². The van der Waals surface area contributed by atoms with E-state index in [4.69, 9.17) is 16.0 Å². The van der Waals surface area contributed by atoms with Gasteiger partial charge in [-0.2, -0.15) is 0 Å². The number of alkyl halides is 1. The Bertz CT molecular complexity index is 634. The normalized spacial score (nSPS) is 20.0. The van der Waals surface area contributed by atoms with Gasteiger partial charge >= 0.3 is 5.97 Å². The Hall–Kier alpha value is -1.52. The van der Waals surface area contributed by atoms with Crippen LogP contribution in [-0.4, -0.2) is 28.5 Å². The molecule has 0 saturated heterocycles. The number of aromatic carboxylic acids is 1. The van der Waals surface area contributed by atoms with E-state index < -0.39 is 5.97 Å². The molecule has 0 spiro atoms. The van der Waals surface area contributed by atoms with Gasteiger partial charge in [0.05, 0.1) is 5.50 Å². The third-order valence-electron chi connectivity index (χ3n) is 3.37. The van der Waals surface area contributed by atoms with Crippen LogP contribution in [0.2, 0.25) is 0 Å². The molecule has 0 aliphatic carbocycles. The van der Waals surface area contributed by atoms with Crippen molar-refractivity contribution in [2.45, 2.75) is 18.5 Å². The SMILES string of the molecule is CN1Cc2c(C(=O)O)oc3cccc(c23)CC1Cl. The first-order valence-electron chi connectivity index (χ1n) is 5.69. The van der Waals surface area contributed by atoms with Gasteiger partial charge in [0, 0.05) is 23.9 Å². The fourth-order valence-electron chi connectivity index (χ4n) is 2.47. The molecular formula is C13H12ClNO3. The second-order valence-corrected chi connectivity index (χ2v) is 5.06. The van der Waals surface area contributed by atoms with Gasteiger partial charge in [0.15, 0.2) is 0 Å². The van der Waals surface area contributed by atoms with E-state index >= 15 is 0 Å². The lowest BCUT2D eigenvalue weighted by atomic mass is 10.0. The van der Waals surface area contributed by atoms with Gasteiger partial charge in [-0.3, -0.25) is 4.90 Å². The minimum Gasteiger partial charge on any atom is -0.475 e. The first-order valence-corrected chi connectivity index (χ1v) is 6.12. The number of hydrogen-bond donors (Lipinski definition) is 1. The van der Waals surface area contributed by atoms with E-state index in [1.807, 2.05) is 24.1 Å². The van der Waals surface area contributed by atoms with E-state index in [0.717, 1.165) is 16.5 Å². The summed E-state index contributed by atoms with van der Waals surface area (Å²) < 4.78 is 5.44. The van der Waals surface area contributed by atoms with Gasteiger partial charge in [-0.05, 0) is 18.7 Å². The molecule has 94 valence electrons. The first-order chi connectivity index (χ1) is 8.58. The molecule has 1 atom stereocenters. The van der Waals surface area contributed by atoms with E-state index in [2.05, 4.69) is 0 Å². The molecule has 0 amide bonds. The highest BCUT2D eigenvalue weighted by atomic mass is 35.5. The van der Waals surface area contributed by atoms with Gasteiger partial charge in [-0.25, -0.2) is 4.79 Å². The summed E-state index contributed by atoms with van der Waals surface area (Å²) in [4.78, 5) is 13.2. The summed E-state index contributed by atoms with van der Waals surface area (Å²) >= 11 is 6.28. The first kappa shape index (κ1) is 11.6. The maximum Gasteiger partial charge on any atom is 0.372 e. The Morgan fingerprint density at radius 2 is 2.33 bits per heavy atom. The molecule has 0 saturated carbocycles. The molecule has 18 heavy (non-hydrogen) atoms. The summed E-state index contributed by atoms with van der Waals surface area (Å²) in [6.07, 6.45) is 0.682. The number of furan rings is 1. The predicted octanol–water partition coefficient (Wildman–Crippen LogP) is 2.68. The van der Waals surface area contributed by atoms with Gasteiger partial charge in [0.2, 0.25) is 5.76 Å². The third kappa shape index (κ3) is 1.61. The van der Waals surface area contributed by atoms with Gasteiger partial charge in [0.25, 0.3) is 0 Å². The zero-order valence-corrected chi connectivity index (χ0v) is 10.6. The topological polar surface area (TPSA) is 53.7 Å². The molecule has 1 aromatic heterocycles. The largest absolute Gasteiger partial charge is 0.475 e. The molecule has 5 heteroatoms. The molecule has 2 aromatic rings. The van der Waals surface area contributed by atoms with Crippen molar-refractivity contribution in [2.24, 2.45) is 0 Å². The maximum absolute atomic E-state index is 11.2. The summed E-state index contributed by atoms with van der Waals surface area (Å²) in [5.74, 6) is -1.01. The van der Waals surface area contributed by atoms with Crippen LogP contribution in [0, 0.1) is 0 Å². The zero-order chi connectivity index (χ0) is 12.9. The summed E-state index contributed by atoms with van der Waals surface area (Å²) in [5.41, 5.74) is 2.26. The molecule has 1 unspecified atom stereocenters. The van der Waals surface area contributed by atoms with Crippen molar-refractivity contribution in [1.29, 1.82) is 0 Å². The lowest BCUT2D eigenvalue weighted by molar-refractivity contribution is 0.0662. The van der Waals surface area contributed by atoms with Crippen molar-refractivity contribution < 1.29 is 14.3 Å². The molecule has 1 aliphatic rings. The van der Waals surface area contributed by atoms with E-state index in [-0.39, 0.29) is 11.3 Å².